The molecule has 29 heavy (non-hydrogen) atoms. The van der Waals surface area contributed by atoms with Crippen LogP contribution in [0.4, 0.5) is 0 Å². The van der Waals surface area contributed by atoms with Crippen LogP contribution in [0.5, 0.6) is 0 Å². The highest BCUT2D eigenvalue weighted by Crippen LogP contribution is 2.35. The monoisotopic (exact) mass is 384 g/mol. The number of aromatic nitrogens is 1. The quantitative estimate of drug-likeness (QED) is 0.705. The fourth-order valence-corrected chi connectivity index (χ4v) is 3.61. The summed E-state index contributed by atoms with van der Waals surface area (Å²) in [4.78, 5) is 29.5. The minimum absolute atomic E-state index is 0.0606. The lowest BCUT2D eigenvalue weighted by molar-refractivity contribution is 0.0950. The standard InChI is InChI=1S/C24H20N2O3/c1-14-9-15(2)11-17(10-14)24(29)26-13-16-7-8-25-20(12-16)21-22(27)18-5-3-4-6-19(18)23(21)28/h3-12,27H,13H2,1-2H3,(H,26,29). The first-order valence-electron chi connectivity index (χ1n) is 9.33. The van der Waals surface area contributed by atoms with Crippen LogP contribution in [0.15, 0.2) is 60.8 Å². The molecule has 0 fully saturated rings. The first-order chi connectivity index (χ1) is 13.9. The highest BCUT2D eigenvalue weighted by Gasteiger charge is 2.31. The van der Waals surface area contributed by atoms with Crippen LogP contribution in [0.25, 0.3) is 11.3 Å². The number of aliphatic hydroxyl groups excluding tert-OH is 1. The third-order valence-electron chi connectivity index (χ3n) is 4.91. The van der Waals surface area contributed by atoms with Crippen molar-refractivity contribution in [3.05, 3.63) is 99.9 Å². The number of carbonyl (C=O) groups excluding carboxylic acids is 2. The second-order valence-corrected chi connectivity index (χ2v) is 7.21. The molecule has 0 spiro atoms. The molecule has 3 aromatic rings. The lowest BCUT2D eigenvalue weighted by Gasteiger charge is -2.09. The highest BCUT2D eigenvalue weighted by atomic mass is 16.3. The van der Waals surface area contributed by atoms with Crippen molar-refractivity contribution < 1.29 is 14.7 Å². The van der Waals surface area contributed by atoms with Gasteiger partial charge < -0.3 is 10.4 Å². The molecule has 144 valence electrons. The van der Waals surface area contributed by atoms with E-state index in [9.17, 15) is 14.7 Å². The summed E-state index contributed by atoms with van der Waals surface area (Å²) in [5.74, 6) is -0.474. The Balaban J connectivity index is 1.55. The summed E-state index contributed by atoms with van der Waals surface area (Å²) >= 11 is 0. The Hall–Kier alpha value is -3.73. The molecule has 0 saturated heterocycles. The lowest BCUT2D eigenvalue weighted by Crippen LogP contribution is -2.23. The predicted octanol–water partition coefficient (Wildman–Crippen LogP) is 4.25. The van der Waals surface area contributed by atoms with Crippen molar-refractivity contribution in [3.63, 3.8) is 0 Å². The van der Waals surface area contributed by atoms with Crippen molar-refractivity contribution in [2.24, 2.45) is 0 Å². The average molecular weight is 384 g/mol. The van der Waals surface area contributed by atoms with E-state index in [0.29, 0.717) is 22.4 Å². The summed E-state index contributed by atoms with van der Waals surface area (Å²) in [6.07, 6.45) is 1.57. The Kier molecular flexibility index (Phi) is 4.72. The maximum atomic E-state index is 12.7. The third kappa shape index (κ3) is 3.55. The summed E-state index contributed by atoms with van der Waals surface area (Å²) in [6, 6.07) is 16.1. The van der Waals surface area contributed by atoms with E-state index in [1.807, 2.05) is 32.0 Å². The molecule has 1 aromatic heterocycles. The number of carbonyl (C=O) groups is 2. The molecular formula is C24H20N2O3. The number of ketones is 1. The summed E-state index contributed by atoms with van der Waals surface area (Å²) in [5.41, 5.74) is 5.02. The van der Waals surface area contributed by atoms with Crippen molar-refractivity contribution in [2.45, 2.75) is 20.4 Å². The number of Topliss-reactive ketones (excluding diaryl/α,β-unsaturated/α-hetero) is 1. The number of benzene rings is 2. The number of pyridine rings is 1. The molecule has 1 aliphatic carbocycles. The molecule has 2 N–H and O–H groups in total. The van der Waals surface area contributed by atoms with Gasteiger partial charge in [0.05, 0.1) is 11.3 Å². The average Bonchev–Trinajstić information content (AvgIpc) is 2.96. The number of nitrogens with one attached hydrogen (secondary N) is 1. The van der Waals surface area contributed by atoms with Gasteiger partial charge in [0.25, 0.3) is 5.91 Å². The summed E-state index contributed by atoms with van der Waals surface area (Å²) < 4.78 is 0. The second kappa shape index (κ2) is 7.36. The molecule has 2 aromatic carbocycles. The van der Waals surface area contributed by atoms with Crippen LogP contribution in [0, 0.1) is 13.8 Å². The Bertz CT molecular complexity index is 1160. The van der Waals surface area contributed by atoms with E-state index in [0.717, 1.165) is 16.7 Å². The molecule has 0 unspecified atom stereocenters. The second-order valence-electron chi connectivity index (χ2n) is 7.21. The van der Waals surface area contributed by atoms with E-state index in [1.165, 1.54) is 0 Å². The van der Waals surface area contributed by atoms with Gasteiger partial charge in [0.15, 0.2) is 5.78 Å². The number of allylic oxidation sites excluding steroid dienone is 1. The van der Waals surface area contributed by atoms with E-state index in [2.05, 4.69) is 10.3 Å². The molecule has 4 rings (SSSR count). The van der Waals surface area contributed by atoms with Gasteiger partial charge in [-0.25, -0.2) is 0 Å². The normalized spacial score (nSPS) is 12.8. The first-order valence-corrected chi connectivity index (χ1v) is 9.33. The van der Waals surface area contributed by atoms with Gasteiger partial charge in [0.2, 0.25) is 0 Å². The van der Waals surface area contributed by atoms with Crippen LogP contribution < -0.4 is 5.32 Å². The summed E-state index contributed by atoms with van der Waals surface area (Å²) in [5, 5.41) is 13.4. The van der Waals surface area contributed by atoms with Crippen LogP contribution in [-0.4, -0.2) is 21.8 Å². The van der Waals surface area contributed by atoms with Crippen LogP contribution in [0.1, 0.15) is 48.7 Å². The molecule has 0 aliphatic heterocycles. The molecule has 1 heterocycles. The van der Waals surface area contributed by atoms with E-state index < -0.39 is 0 Å². The van der Waals surface area contributed by atoms with Gasteiger partial charge >= 0.3 is 0 Å². The van der Waals surface area contributed by atoms with Gasteiger partial charge in [0, 0.05) is 29.4 Å². The van der Waals surface area contributed by atoms with Crippen molar-refractivity contribution in [1.29, 1.82) is 0 Å². The predicted molar refractivity (Wildman–Crippen MR) is 112 cm³/mol. The maximum absolute atomic E-state index is 12.7. The number of rotatable bonds is 4. The number of nitrogens with zero attached hydrogens (tertiary/aromatic N) is 1. The largest absolute Gasteiger partial charge is 0.506 e. The molecule has 5 nitrogen and oxygen atoms in total. The van der Waals surface area contributed by atoms with Crippen molar-refractivity contribution in [2.75, 3.05) is 0 Å². The zero-order valence-electron chi connectivity index (χ0n) is 16.2. The number of fused-ring (bicyclic) bond motifs is 1. The van der Waals surface area contributed by atoms with E-state index in [-0.39, 0.29) is 29.6 Å². The number of aliphatic hydroxyl groups is 1. The van der Waals surface area contributed by atoms with E-state index in [1.54, 1.807) is 42.6 Å². The topological polar surface area (TPSA) is 79.3 Å². The van der Waals surface area contributed by atoms with E-state index >= 15 is 0 Å². The summed E-state index contributed by atoms with van der Waals surface area (Å²) in [7, 11) is 0. The Morgan fingerprint density at radius 2 is 1.69 bits per heavy atom. The van der Waals surface area contributed by atoms with Gasteiger partial charge in [-0.15, -0.1) is 0 Å². The zero-order chi connectivity index (χ0) is 20.5. The van der Waals surface area contributed by atoms with Crippen LogP contribution in [-0.2, 0) is 6.54 Å². The molecule has 0 atom stereocenters. The van der Waals surface area contributed by atoms with Crippen molar-refractivity contribution in [1.82, 2.24) is 10.3 Å². The molecule has 5 heteroatoms. The van der Waals surface area contributed by atoms with Gasteiger partial charge in [-0.1, -0.05) is 41.5 Å². The smallest absolute Gasteiger partial charge is 0.251 e. The minimum Gasteiger partial charge on any atom is -0.506 e. The van der Waals surface area contributed by atoms with Gasteiger partial charge in [-0.2, -0.15) is 0 Å². The number of hydrogen-bond acceptors (Lipinski definition) is 4. The summed E-state index contributed by atoms with van der Waals surface area (Å²) in [6.45, 7) is 4.20. The number of hydrogen-bond donors (Lipinski definition) is 2. The first kappa shape index (κ1) is 18.6. The molecule has 1 aliphatic rings. The van der Waals surface area contributed by atoms with Gasteiger partial charge in [0.1, 0.15) is 5.76 Å². The van der Waals surface area contributed by atoms with Gasteiger partial charge in [-0.05, 0) is 43.7 Å². The third-order valence-corrected chi connectivity index (χ3v) is 4.91. The molecular weight excluding hydrogens is 364 g/mol. The van der Waals surface area contributed by atoms with Crippen molar-refractivity contribution in [3.8, 4) is 0 Å². The van der Waals surface area contributed by atoms with Crippen molar-refractivity contribution >= 4 is 23.0 Å². The highest BCUT2D eigenvalue weighted by molar-refractivity contribution is 6.38. The fourth-order valence-electron chi connectivity index (χ4n) is 3.61. The number of aryl methyl sites for hydroxylation is 2. The molecule has 1 amide bonds. The SMILES string of the molecule is Cc1cc(C)cc(C(=O)NCc2ccnc(C3=C(O)c4ccccc4C3=O)c2)c1. The molecule has 0 radical (unpaired) electrons. The Morgan fingerprint density at radius 1 is 1.00 bits per heavy atom. The Labute approximate surface area is 168 Å². The molecule has 0 bridgehead atoms. The lowest BCUT2D eigenvalue weighted by atomic mass is 10.0. The minimum atomic E-state index is -0.248. The maximum Gasteiger partial charge on any atom is 0.251 e. The molecule has 0 saturated carbocycles. The Morgan fingerprint density at radius 3 is 2.38 bits per heavy atom. The van der Waals surface area contributed by atoms with Crippen LogP contribution >= 0.6 is 0 Å². The fraction of sp³-hybridized carbons (Fsp3) is 0.125. The van der Waals surface area contributed by atoms with Crippen LogP contribution in [0.2, 0.25) is 0 Å². The van der Waals surface area contributed by atoms with Gasteiger partial charge in [-0.3, -0.25) is 14.6 Å². The van der Waals surface area contributed by atoms with Crippen LogP contribution in [0.3, 0.4) is 0 Å². The zero-order valence-corrected chi connectivity index (χ0v) is 16.2. The van der Waals surface area contributed by atoms with E-state index in [4.69, 9.17) is 0 Å². The number of amides is 1.